The Hall–Kier alpha value is -2.60. The summed E-state index contributed by atoms with van der Waals surface area (Å²) in [5.41, 5.74) is 5.99. The summed E-state index contributed by atoms with van der Waals surface area (Å²) < 4.78 is 23.3. The molecule has 0 saturated heterocycles. The van der Waals surface area contributed by atoms with E-state index in [2.05, 4.69) is 17.1 Å². The Morgan fingerprint density at radius 3 is 2.10 bits per heavy atom. The summed E-state index contributed by atoms with van der Waals surface area (Å²) in [4.78, 5) is 3.67. The Morgan fingerprint density at radius 2 is 1.50 bits per heavy atom. The summed E-state index contributed by atoms with van der Waals surface area (Å²) in [6, 6.07) is 21.1. The summed E-state index contributed by atoms with van der Waals surface area (Å²) in [6.07, 6.45) is 2.72. The zero-order chi connectivity index (χ0) is 21.3. The minimum atomic E-state index is -3.20. The van der Waals surface area contributed by atoms with Crippen molar-refractivity contribution in [3.05, 3.63) is 77.4 Å². The van der Waals surface area contributed by atoms with Crippen LogP contribution < -0.4 is 0 Å². The summed E-state index contributed by atoms with van der Waals surface area (Å²) in [5.74, 6) is 0. The number of fused-ring (bicyclic) bond motifs is 1. The number of sulfone groups is 1. The lowest BCUT2D eigenvalue weighted by molar-refractivity contribution is 0.288. The average Bonchev–Trinajstić information content (AvgIpc) is 3.13. The number of aliphatic hydroxyl groups excluding tert-OH is 1. The smallest absolute Gasteiger partial charge is 0.175 e. The summed E-state index contributed by atoms with van der Waals surface area (Å²) in [7, 11) is -3.20. The van der Waals surface area contributed by atoms with Gasteiger partial charge in [0.2, 0.25) is 0 Å². The molecule has 0 fully saturated rings. The first-order valence-electron chi connectivity index (χ1n) is 9.68. The number of hydrogen-bond donors (Lipinski definition) is 2. The van der Waals surface area contributed by atoms with Crippen LogP contribution >= 0.6 is 11.6 Å². The number of aromatic amines is 1. The SMILES string of the molecule is CS(=O)(=O)c1ccc(-c2ccc(-c3cc4cc(CCCO)[nH]c4cc3Cl)cc2)cc1. The van der Waals surface area contributed by atoms with E-state index in [9.17, 15) is 8.42 Å². The molecular weight excluding hydrogens is 418 g/mol. The Labute approximate surface area is 181 Å². The zero-order valence-corrected chi connectivity index (χ0v) is 18.1. The van der Waals surface area contributed by atoms with E-state index in [0.29, 0.717) is 9.92 Å². The topological polar surface area (TPSA) is 70.2 Å². The molecule has 0 atom stereocenters. The van der Waals surface area contributed by atoms with Crippen molar-refractivity contribution in [2.75, 3.05) is 12.9 Å². The molecule has 0 radical (unpaired) electrons. The molecule has 0 aliphatic heterocycles. The Balaban J connectivity index is 1.63. The van der Waals surface area contributed by atoms with E-state index in [1.807, 2.05) is 42.5 Å². The van der Waals surface area contributed by atoms with Crippen molar-refractivity contribution in [1.29, 1.82) is 0 Å². The second kappa shape index (κ2) is 8.26. The van der Waals surface area contributed by atoms with Crippen LogP contribution in [0.15, 0.2) is 71.6 Å². The van der Waals surface area contributed by atoms with Crippen LogP contribution in [-0.2, 0) is 16.3 Å². The fraction of sp³-hybridized carbons (Fsp3) is 0.167. The minimum absolute atomic E-state index is 0.171. The standard InChI is InChI=1S/C24H22ClNO3S/c1-30(28,29)21-10-8-17(9-11-21)16-4-6-18(7-5-16)22-14-19-13-20(3-2-12-27)26-24(19)15-23(22)25/h4-11,13-15,26-27H,2-3,12H2,1H3. The maximum Gasteiger partial charge on any atom is 0.175 e. The molecular formula is C24H22ClNO3S. The first-order chi connectivity index (χ1) is 14.3. The predicted octanol–water partition coefficient (Wildman–Crippen LogP) is 5.48. The molecule has 0 bridgehead atoms. The number of aromatic nitrogens is 1. The lowest BCUT2D eigenvalue weighted by atomic mass is 9.99. The number of nitrogens with one attached hydrogen (secondary N) is 1. The van der Waals surface area contributed by atoms with Crippen LogP contribution in [0.2, 0.25) is 5.02 Å². The van der Waals surface area contributed by atoms with Crippen molar-refractivity contribution >= 4 is 32.3 Å². The van der Waals surface area contributed by atoms with Crippen molar-refractivity contribution in [3.63, 3.8) is 0 Å². The van der Waals surface area contributed by atoms with Gasteiger partial charge in [0.05, 0.1) is 9.92 Å². The summed E-state index contributed by atoms with van der Waals surface area (Å²) in [5, 5.41) is 10.8. The number of benzene rings is 3. The van der Waals surface area contributed by atoms with Gasteiger partial charge < -0.3 is 10.1 Å². The van der Waals surface area contributed by atoms with E-state index in [4.69, 9.17) is 16.7 Å². The van der Waals surface area contributed by atoms with Gasteiger partial charge >= 0.3 is 0 Å². The number of aryl methyl sites for hydroxylation is 1. The van der Waals surface area contributed by atoms with Crippen molar-refractivity contribution < 1.29 is 13.5 Å². The minimum Gasteiger partial charge on any atom is -0.396 e. The molecule has 4 aromatic rings. The van der Waals surface area contributed by atoms with Gasteiger partial charge in [0.15, 0.2) is 9.84 Å². The number of H-pyrrole nitrogens is 1. The molecule has 30 heavy (non-hydrogen) atoms. The maximum atomic E-state index is 11.6. The lowest BCUT2D eigenvalue weighted by Gasteiger charge is -2.08. The van der Waals surface area contributed by atoms with E-state index >= 15 is 0 Å². The van der Waals surface area contributed by atoms with Crippen LogP contribution in [0.5, 0.6) is 0 Å². The molecule has 2 N–H and O–H groups in total. The number of rotatable bonds is 6. The number of halogens is 1. The van der Waals surface area contributed by atoms with Gasteiger partial charge in [-0.05, 0) is 59.9 Å². The first kappa shape index (κ1) is 20.7. The van der Waals surface area contributed by atoms with Crippen molar-refractivity contribution in [3.8, 4) is 22.3 Å². The quantitative estimate of drug-likeness (QED) is 0.417. The van der Waals surface area contributed by atoms with Gasteiger partial charge in [-0.2, -0.15) is 0 Å². The fourth-order valence-electron chi connectivity index (χ4n) is 3.58. The molecule has 154 valence electrons. The molecule has 6 heteroatoms. The highest BCUT2D eigenvalue weighted by atomic mass is 35.5. The van der Waals surface area contributed by atoms with E-state index < -0.39 is 9.84 Å². The lowest BCUT2D eigenvalue weighted by Crippen LogP contribution is -1.96. The maximum absolute atomic E-state index is 11.6. The Morgan fingerprint density at radius 1 is 0.900 bits per heavy atom. The Kier molecular flexibility index (Phi) is 5.69. The third kappa shape index (κ3) is 4.29. The zero-order valence-electron chi connectivity index (χ0n) is 16.5. The molecule has 0 aliphatic rings. The molecule has 4 nitrogen and oxygen atoms in total. The van der Waals surface area contributed by atoms with Crippen molar-refractivity contribution in [1.82, 2.24) is 4.98 Å². The second-order valence-corrected chi connectivity index (χ2v) is 9.84. The van der Waals surface area contributed by atoms with Crippen molar-refractivity contribution in [2.45, 2.75) is 17.7 Å². The van der Waals surface area contributed by atoms with Gasteiger partial charge in [-0.25, -0.2) is 8.42 Å². The summed E-state index contributed by atoms with van der Waals surface area (Å²) >= 11 is 6.55. The number of hydrogen-bond acceptors (Lipinski definition) is 3. The van der Waals surface area contributed by atoms with Crippen LogP contribution in [-0.4, -0.2) is 31.4 Å². The molecule has 0 spiro atoms. The number of aliphatic hydroxyl groups is 1. The van der Waals surface area contributed by atoms with E-state index in [-0.39, 0.29) is 6.61 Å². The highest BCUT2D eigenvalue weighted by molar-refractivity contribution is 7.90. The first-order valence-corrected chi connectivity index (χ1v) is 11.9. The van der Waals surface area contributed by atoms with E-state index in [1.54, 1.807) is 12.1 Å². The molecule has 3 aromatic carbocycles. The van der Waals surface area contributed by atoms with Crippen LogP contribution in [0.4, 0.5) is 0 Å². The van der Waals surface area contributed by atoms with E-state index in [1.165, 1.54) is 6.26 Å². The molecule has 0 aliphatic carbocycles. The van der Waals surface area contributed by atoms with Gasteiger partial charge in [-0.15, -0.1) is 0 Å². The van der Waals surface area contributed by atoms with Gasteiger partial charge in [-0.3, -0.25) is 0 Å². The molecule has 1 heterocycles. The molecule has 0 unspecified atom stereocenters. The van der Waals surface area contributed by atoms with Gasteiger partial charge in [0, 0.05) is 35.0 Å². The monoisotopic (exact) mass is 439 g/mol. The van der Waals surface area contributed by atoms with Crippen molar-refractivity contribution in [2.24, 2.45) is 0 Å². The largest absolute Gasteiger partial charge is 0.396 e. The molecule has 0 amide bonds. The highest BCUT2D eigenvalue weighted by Gasteiger charge is 2.10. The third-order valence-corrected chi connectivity index (χ3v) is 6.62. The van der Waals surface area contributed by atoms with Gasteiger partial charge in [0.25, 0.3) is 0 Å². The third-order valence-electron chi connectivity index (χ3n) is 5.18. The molecule has 4 rings (SSSR count). The van der Waals surface area contributed by atoms with Gasteiger partial charge in [0.1, 0.15) is 0 Å². The normalized spacial score (nSPS) is 11.8. The Bertz CT molecular complexity index is 1290. The predicted molar refractivity (Wildman–Crippen MR) is 123 cm³/mol. The van der Waals surface area contributed by atoms with Crippen LogP contribution in [0.3, 0.4) is 0 Å². The highest BCUT2D eigenvalue weighted by Crippen LogP contribution is 2.34. The second-order valence-electron chi connectivity index (χ2n) is 7.41. The van der Waals surface area contributed by atoms with Crippen LogP contribution in [0.25, 0.3) is 33.2 Å². The van der Waals surface area contributed by atoms with Crippen LogP contribution in [0, 0.1) is 0 Å². The molecule has 0 saturated carbocycles. The molecule has 1 aromatic heterocycles. The van der Waals surface area contributed by atoms with Gasteiger partial charge in [-0.1, -0.05) is 48.0 Å². The summed E-state index contributed by atoms with van der Waals surface area (Å²) in [6.45, 7) is 0.171. The van der Waals surface area contributed by atoms with E-state index in [0.717, 1.165) is 51.7 Å². The fourth-order valence-corrected chi connectivity index (χ4v) is 4.48. The van der Waals surface area contributed by atoms with Crippen LogP contribution in [0.1, 0.15) is 12.1 Å². The average molecular weight is 440 g/mol.